The number of ether oxygens (including phenoxy) is 2. The van der Waals surface area contributed by atoms with E-state index < -0.39 is 0 Å². The Morgan fingerprint density at radius 3 is 2.81 bits per heavy atom. The van der Waals surface area contributed by atoms with Gasteiger partial charge in [-0.2, -0.15) is 0 Å². The van der Waals surface area contributed by atoms with Gasteiger partial charge >= 0.3 is 0 Å². The number of aliphatic imine (C=N–C) groups is 2. The Balaban J connectivity index is 1.97. The number of nitrogens with zero attached hydrogens (tertiary/aromatic N) is 3. The highest BCUT2D eigenvalue weighted by Crippen LogP contribution is 2.36. The lowest BCUT2D eigenvalue weighted by atomic mass is 10.0. The SMILES string of the molecule is COc1ccc(C2CCN=C3N=CC(Br)=CN32)cc1OC. The number of halogens is 1. The highest BCUT2D eigenvalue weighted by Gasteiger charge is 2.28. The van der Waals surface area contributed by atoms with Crippen molar-refractivity contribution in [1.29, 1.82) is 0 Å². The van der Waals surface area contributed by atoms with Gasteiger partial charge in [0.15, 0.2) is 11.5 Å². The van der Waals surface area contributed by atoms with E-state index in [4.69, 9.17) is 9.47 Å². The molecule has 6 heteroatoms. The molecule has 5 nitrogen and oxygen atoms in total. The molecule has 2 aliphatic heterocycles. The maximum Gasteiger partial charge on any atom is 0.225 e. The molecule has 1 atom stereocenters. The summed E-state index contributed by atoms with van der Waals surface area (Å²) in [5.74, 6) is 2.23. The van der Waals surface area contributed by atoms with Gasteiger partial charge < -0.3 is 14.4 Å². The van der Waals surface area contributed by atoms with Gasteiger partial charge in [-0.05, 0) is 40.0 Å². The second-order valence-electron chi connectivity index (χ2n) is 4.78. The number of methoxy groups -OCH3 is 2. The van der Waals surface area contributed by atoms with Gasteiger partial charge in [0.2, 0.25) is 5.96 Å². The molecular weight excluding hydrogens is 334 g/mol. The molecule has 0 aromatic heterocycles. The molecule has 21 heavy (non-hydrogen) atoms. The second kappa shape index (κ2) is 5.89. The topological polar surface area (TPSA) is 46.4 Å². The molecule has 1 aromatic rings. The molecule has 2 aliphatic rings. The van der Waals surface area contributed by atoms with Crippen molar-refractivity contribution in [2.45, 2.75) is 12.5 Å². The van der Waals surface area contributed by atoms with E-state index in [1.165, 1.54) is 0 Å². The first-order chi connectivity index (χ1) is 10.2. The molecule has 1 aromatic carbocycles. The van der Waals surface area contributed by atoms with Crippen LogP contribution in [0.4, 0.5) is 0 Å². The third-order valence-electron chi connectivity index (χ3n) is 3.58. The predicted octanol–water partition coefficient (Wildman–Crippen LogP) is 3.13. The Kier molecular flexibility index (Phi) is 3.96. The number of rotatable bonds is 3. The molecule has 0 saturated heterocycles. The number of hydrogen-bond donors (Lipinski definition) is 0. The average molecular weight is 350 g/mol. The van der Waals surface area contributed by atoms with E-state index in [1.807, 2.05) is 18.3 Å². The standard InChI is InChI=1S/C15H16BrN3O2/c1-20-13-4-3-10(7-14(13)21-2)12-5-6-17-15-18-8-11(16)9-19(12)15/h3-4,7-9,12H,5-6H2,1-2H3. The first-order valence-electron chi connectivity index (χ1n) is 6.69. The minimum absolute atomic E-state index is 0.197. The van der Waals surface area contributed by atoms with Crippen molar-refractivity contribution in [2.75, 3.05) is 20.8 Å². The number of benzene rings is 1. The summed E-state index contributed by atoms with van der Waals surface area (Å²) in [6.45, 7) is 0.771. The third kappa shape index (κ3) is 2.68. The molecule has 1 unspecified atom stereocenters. The molecule has 110 valence electrons. The molecular formula is C15H16BrN3O2. The molecule has 0 bridgehead atoms. The summed E-state index contributed by atoms with van der Waals surface area (Å²) in [7, 11) is 3.29. The van der Waals surface area contributed by atoms with Crippen molar-refractivity contribution in [1.82, 2.24) is 4.90 Å². The zero-order valence-corrected chi connectivity index (χ0v) is 13.5. The summed E-state index contributed by atoms with van der Waals surface area (Å²) in [5, 5.41) is 0. The van der Waals surface area contributed by atoms with Gasteiger partial charge in [-0.15, -0.1) is 0 Å². The van der Waals surface area contributed by atoms with E-state index in [9.17, 15) is 0 Å². The molecule has 0 aliphatic carbocycles. The molecule has 2 heterocycles. The fourth-order valence-electron chi connectivity index (χ4n) is 2.58. The zero-order chi connectivity index (χ0) is 14.8. The van der Waals surface area contributed by atoms with Crippen LogP contribution in [0.5, 0.6) is 11.5 Å². The molecule has 0 N–H and O–H groups in total. The molecule has 0 radical (unpaired) electrons. The molecule has 0 spiro atoms. The Bertz CT molecular complexity index is 640. The van der Waals surface area contributed by atoms with Crippen LogP contribution in [0, 0.1) is 0 Å². The third-order valence-corrected chi connectivity index (χ3v) is 3.99. The Hall–Kier alpha value is -1.82. The van der Waals surface area contributed by atoms with Gasteiger partial charge in [0.1, 0.15) is 0 Å². The zero-order valence-electron chi connectivity index (χ0n) is 11.9. The fourth-order valence-corrected chi connectivity index (χ4v) is 2.90. The molecule has 3 rings (SSSR count). The van der Waals surface area contributed by atoms with Gasteiger partial charge in [-0.25, -0.2) is 4.99 Å². The quantitative estimate of drug-likeness (QED) is 0.842. The minimum atomic E-state index is 0.197. The number of allylic oxidation sites excluding steroid dienone is 1. The van der Waals surface area contributed by atoms with Crippen LogP contribution in [0.2, 0.25) is 0 Å². The number of guanidine groups is 1. The molecule has 0 fully saturated rings. The highest BCUT2D eigenvalue weighted by molar-refractivity contribution is 9.12. The van der Waals surface area contributed by atoms with Gasteiger partial charge in [-0.1, -0.05) is 6.07 Å². The second-order valence-corrected chi connectivity index (χ2v) is 5.70. The smallest absolute Gasteiger partial charge is 0.225 e. The van der Waals surface area contributed by atoms with Crippen LogP contribution >= 0.6 is 15.9 Å². The summed E-state index contributed by atoms with van der Waals surface area (Å²) >= 11 is 3.47. The van der Waals surface area contributed by atoms with Crippen LogP contribution in [-0.2, 0) is 0 Å². The summed E-state index contributed by atoms with van der Waals surface area (Å²) in [6, 6.07) is 6.22. The normalized spacial score (nSPS) is 20.5. The maximum absolute atomic E-state index is 5.40. The van der Waals surface area contributed by atoms with Crippen molar-refractivity contribution < 1.29 is 9.47 Å². The molecule has 0 amide bonds. The summed E-state index contributed by atoms with van der Waals surface area (Å²) in [4.78, 5) is 10.9. The van der Waals surface area contributed by atoms with Gasteiger partial charge in [0.25, 0.3) is 0 Å². The van der Waals surface area contributed by atoms with Crippen LogP contribution in [0.1, 0.15) is 18.0 Å². The summed E-state index contributed by atoms with van der Waals surface area (Å²) in [6.07, 6.45) is 4.73. The highest BCUT2D eigenvalue weighted by atomic mass is 79.9. The predicted molar refractivity (Wildman–Crippen MR) is 86.5 cm³/mol. The number of fused-ring (bicyclic) bond motifs is 1. The lowest BCUT2D eigenvalue weighted by Crippen LogP contribution is -2.35. The van der Waals surface area contributed by atoms with Gasteiger partial charge in [0, 0.05) is 19.0 Å². The van der Waals surface area contributed by atoms with Crippen LogP contribution in [0.15, 0.2) is 38.9 Å². The van der Waals surface area contributed by atoms with E-state index in [2.05, 4.69) is 36.9 Å². The minimum Gasteiger partial charge on any atom is -0.493 e. The first kappa shape index (κ1) is 14.1. The van der Waals surface area contributed by atoms with E-state index in [0.717, 1.165) is 40.5 Å². The van der Waals surface area contributed by atoms with Crippen LogP contribution in [0.25, 0.3) is 0 Å². The largest absolute Gasteiger partial charge is 0.493 e. The summed E-state index contributed by atoms with van der Waals surface area (Å²) < 4.78 is 11.6. The van der Waals surface area contributed by atoms with E-state index in [-0.39, 0.29) is 6.04 Å². The Labute approximate surface area is 132 Å². The molecule has 0 saturated carbocycles. The van der Waals surface area contributed by atoms with Crippen molar-refractivity contribution in [3.8, 4) is 11.5 Å². The first-order valence-corrected chi connectivity index (χ1v) is 7.48. The van der Waals surface area contributed by atoms with E-state index in [0.29, 0.717) is 0 Å². The van der Waals surface area contributed by atoms with Crippen LogP contribution in [-0.4, -0.2) is 37.8 Å². The Morgan fingerprint density at radius 2 is 2.05 bits per heavy atom. The summed E-state index contributed by atoms with van der Waals surface area (Å²) in [5.41, 5.74) is 1.16. The van der Waals surface area contributed by atoms with E-state index in [1.54, 1.807) is 20.4 Å². The number of hydrogen-bond acceptors (Lipinski definition) is 5. The van der Waals surface area contributed by atoms with Crippen molar-refractivity contribution in [3.63, 3.8) is 0 Å². The van der Waals surface area contributed by atoms with Gasteiger partial charge in [-0.3, -0.25) is 4.99 Å². The fraction of sp³-hybridized carbons (Fsp3) is 0.333. The van der Waals surface area contributed by atoms with Crippen molar-refractivity contribution in [3.05, 3.63) is 34.4 Å². The van der Waals surface area contributed by atoms with Crippen molar-refractivity contribution >= 4 is 28.1 Å². The lowest BCUT2D eigenvalue weighted by molar-refractivity contribution is 0.345. The monoisotopic (exact) mass is 349 g/mol. The Morgan fingerprint density at radius 1 is 1.24 bits per heavy atom. The average Bonchev–Trinajstić information content (AvgIpc) is 2.53. The van der Waals surface area contributed by atoms with Crippen LogP contribution in [0.3, 0.4) is 0 Å². The van der Waals surface area contributed by atoms with E-state index >= 15 is 0 Å². The van der Waals surface area contributed by atoms with Crippen molar-refractivity contribution in [2.24, 2.45) is 9.98 Å². The lowest BCUT2D eigenvalue weighted by Gasteiger charge is -2.34. The van der Waals surface area contributed by atoms with Gasteiger partial charge in [0.05, 0.1) is 24.7 Å². The maximum atomic E-state index is 5.40. The van der Waals surface area contributed by atoms with Crippen LogP contribution < -0.4 is 9.47 Å².